The quantitative estimate of drug-likeness (QED) is 0.418. The van der Waals surface area contributed by atoms with Crippen LogP contribution in [0.4, 0.5) is 0 Å². The van der Waals surface area contributed by atoms with Gasteiger partial charge in [0, 0.05) is 24.1 Å². The van der Waals surface area contributed by atoms with E-state index in [1.807, 2.05) is 11.3 Å². The summed E-state index contributed by atoms with van der Waals surface area (Å²) in [7, 11) is 0. The van der Waals surface area contributed by atoms with Gasteiger partial charge in [-0.15, -0.1) is 11.3 Å². The molecular weight excluding hydrogens is 334 g/mol. The lowest BCUT2D eigenvalue weighted by atomic mass is 10.1. The summed E-state index contributed by atoms with van der Waals surface area (Å²) in [4.78, 5) is 6.40. The molecule has 0 amide bonds. The van der Waals surface area contributed by atoms with E-state index in [1.165, 1.54) is 32.3 Å². The number of hydrogen-bond donors (Lipinski definition) is 0. The summed E-state index contributed by atoms with van der Waals surface area (Å²) < 4.78 is 0. The van der Waals surface area contributed by atoms with Crippen molar-refractivity contribution in [3.63, 3.8) is 0 Å². The average molecular weight is 356 g/mol. The predicted molar refractivity (Wildman–Crippen MR) is 110 cm³/mol. The Morgan fingerprint density at radius 3 is 1.54 bits per heavy atom. The Balaban J connectivity index is 1.63. The minimum atomic E-state index is 0.897. The van der Waals surface area contributed by atoms with Crippen LogP contribution < -0.4 is 0 Å². The van der Waals surface area contributed by atoms with Crippen LogP contribution in [0.25, 0.3) is 0 Å². The molecule has 0 spiro atoms. The fourth-order valence-electron chi connectivity index (χ4n) is 3.13. The zero-order chi connectivity index (χ0) is 17.6. The first-order chi connectivity index (χ1) is 12.9. The first kappa shape index (κ1) is 16.7. The number of benzene rings is 3. The summed E-state index contributed by atoms with van der Waals surface area (Å²) in [5.74, 6) is 0. The van der Waals surface area contributed by atoms with Gasteiger partial charge in [-0.25, -0.2) is 4.98 Å². The Bertz CT molecular complexity index is 884. The molecule has 0 aliphatic carbocycles. The molecule has 0 radical (unpaired) electrons. The van der Waals surface area contributed by atoms with Gasteiger partial charge in [0.15, 0.2) is 0 Å². The molecule has 3 aromatic carbocycles. The standard InChI is InChI=1S/C24H21NS/c1-4-10-19(11-5-1)16-22-23(17-20-12-6-2-7-13-20)26-24(25-22)18-21-14-8-3-9-15-21/h1-15H,16-18H2. The van der Waals surface area contributed by atoms with Crippen molar-refractivity contribution in [2.75, 3.05) is 0 Å². The number of thiazole rings is 1. The minimum absolute atomic E-state index is 0.897. The molecular formula is C24H21NS. The van der Waals surface area contributed by atoms with Gasteiger partial charge in [0.25, 0.3) is 0 Å². The highest BCUT2D eigenvalue weighted by molar-refractivity contribution is 7.11. The highest BCUT2D eigenvalue weighted by Crippen LogP contribution is 2.26. The molecule has 0 saturated heterocycles. The molecule has 1 aromatic heterocycles. The number of nitrogens with zero attached hydrogens (tertiary/aromatic N) is 1. The van der Waals surface area contributed by atoms with Crippen molar-refractivity contribution in [2.45, 2.75) is 19.3 Å². The van der Waals surface area contributed by atoms with Crippen molar-refractivity contribution in [3.8, 4) is 0 Å². The van der Waals surface area contributed by atoms with E-state index in [4.69, 9.17) is 4.98 Å². The second-order valence-corrected chi connectivity index (χ2v) is 7.63. The van der Waals surface area contributed by atoms with Crippen molar-refractivity contribution >= 4 is 11.3 Å². The molecule has 0 unspecified atom stereocenters. The summed E-state index contributed by atoms with van der Waals surface area (Å²) in [6.07, 6.45) is 2.76. The predicted octanol–water partition coefficient (Wildman–Crippen LogP) is 5.92. The van der Waals surface area contributed by atoms with Crippen LogP contribution in [0.2, 0.25) is 0 Å². The molecule has 26 heavy (non-hydrogen) atoms. The molecule has 4 aromatic rings. The van der Waals surface area contributed by atoms with Crippen LogP contribution in [0.15, 0.2) is 91.0 Å². The summed E-state index contributed by atoms with van der Waals surface area (Å²) in [6.45, 7) is 0. The lowest BCUT2D eigenvalue weighted by molar-refractivity contribution is 1.02. The zero-order valence-electron chi connectivity index (χ0n) is 14.6. The van der Waals surface area contributed by atoms with Crippen molar-refractivity contribution in [1.82, 2.24) is 4.98 Å². The molecule has 0 N–H and O–H groups in total. The van der Waals surface area contributed by atoms with E-state index in [2.05, 4.69) is 91.0 Å². The Hall–Kier alpha value is -2.71. The first-order valence-corrected chi connectivity index (χ1v) is 9.78. The fourth-order valence-corrected chi connectivity index (χ4v) is 4.28. The third kappa shape index (κ3) is 4.27. The van der Waals surface area contributed by atoms with Crippen molar-refractivity contribution < 1.29 is 0 Å². The van der Waals surface area contributed by atoms with E-state index >= 15 is 0 Å². The molecule has 0 fully saturated rings. The highest BCUT2D eigenvalue weighted by Gasteiger charge is 2.13. The topological polar surface area (TPSA) is 12.9 Å². The van der Waals surface area contributed by atoms with E-state index < -0.39 is 0 Å². The van der Waals surface area contributed by atoms with Gasteiger partial charge in [0.2, 0.25) is 0 Å². The van der Waals surface area contributed by atoms with Gasteiger partial charge in [-0.2, -0.15) is 0 Å². The summed E-state index contributed by atoms with van der Waals surface area (Å²) in [6, 6.07) is 31.9. The maximum Gasteiger partial charge on any atom is 0.0975 e. The van der Waals surface area contributed by atoms with E-state index in [0.29, 0.717) is 0 Å². The number of rotatable bonds is 6. The second kappa shape index (κ2) is 8.11. The Kier molecular flexibility index (Phi) is 5.22. The molecule has 0 bridgehead atoms. The zero-order valence-corrected chi connectivity index (χ0v) is 15.5. The molecule has 1 heterocycles. The van der Waals surface area contributed by atoms with Crippen LogP contribution >= 0.6 is 11.3 Å². The monoisotopic (exact) mass is 355 g/mol. The molecule has 0 atom stereocenters. The lowest BCUT2D eigenvalue weighted by Gasteiger charge is -2.03. The molecule has 4 rings (SSSR count). The SMILES string of the molecule is c1ccc(Cc2nc(Cc3ccccc3)c(Cc3ccccc3)s2)cc1. The maximum atomic E-state index is 5.02. The van der Waals surface area contributed by atoms with Gasteiger partial charge in [-0.05, 0) is 16.7 Å². The van der Waals surface area contributed by atoms with E-state index in [0.717, 1.165) is 19.3 Å². The Morgan fingerprint density at radius 2 is 1.00 bits per heavy atom. The summed E-state index contributed by atoms with van der Waals surface area (Å²) in [5.41, 5.74) is 5.20. The highest BCUT2D eigenvalue weighted by atomic mass is 32.1. The molecule has 0 aliphatic heterocycles. The fraction of sp³-hybridized carbons (Fsp3) is 0.125. The summed E-state index contributed by atoms with van der Waals surface area (Å²) in [5, 5.41) is 1.20. The normalized spacial score (nSPS) is 10.8. The number of aromatic nitrogens is 1. The van der Waals surface area contributed by atoms with Crippen LogP contribution in [-0.4, -0.2) is 4.98 Å². The van der Waals surface area contributed by atoms with E-state index in [9.17, 15) is 0 Å². The maximum absolute atomic E-state index is 5.02. The van der Waals surface area contributed by atoms with Gasteiger partial charge < -0.3 is 0 Å². The summed E-state index contributed by atoms with van der Waals surface area (Å²) >= 11 is 1.86. The molecule has 1 nitrogen and oxygen atoms in total. The van der Waals surface area contributed by atoms with Crippen LogP contribution in [-0.2, 0) is 19.3 Å². The van der Waals surface area contributed by atoms with Gasteiger partial charge in [0.05, 0.1) is 10.7 Å². The average Bonchev–Trinajstić information content (AvgIpc) is 3.05. The Morgan fingerprint density at radius 1 is 0.538 bits per heavy atom. The molecule has 0 saturated carbocycles. The molecule has 0 aliphatic rings. The van der Waals surface area contributed by atoms with Crippen LogP contribution in [0, 0.1) is 0 Å². The Labute approximate surface area is 159 Å². The van der Waals surface area contributed by atoms with Gasteiger partial charge >= 0.3 is 0 Å². The van der Waals surface area contributed by atoms with Gasteiger partial charge in [0.1, 0.15) is 0 Å². The molecule has 2 heteroatoms. The largest absolute Gasteiger partial charge is 0.245 e. The van der Waals surface area contributed by atoms with Crippen LogP contribution in [0.5, 0.6) is 0 Å². The van der Waals surface area contributed by atoms with Gasteiger partial charge in [-0.1, -0.05) is 91.0 Å². The van der Waals surface area contributed by atoms with Crippen molar-refractivity contribution in [1.29, 1.82) is 0 Å². The van der Waals surface area contributed by atoms with E-state index in [1.54, 1.807) is 0 Å². The third-order valence-corrected chi connectivity index (χ3v) is 5.54. The first-order valence-electron chi connectivity index (χ1n) is 8.96. The minimum Gasteiger partial charge on any atom is -0.245 e. The lowest BCUT2D eigenvalue weighted by Crippen LogP contribution is -1.95. The van der Waals surface area contributed by atoms with Crippen molar-refractivity contribution in [2.24, 2.45) is 0 Å². The van der Waals surface area contributed by atoms with Crippen LogP contribution in [0.1, 0.15) is 32.3 Å². The van der Waals surface area contributed by atoms with Gasteiger partial charge in [-0.3, -0.25) is 0 Å². The second-order valence-electron chi connectivity index (χ2n) is 6.46. The third-order valence-electron chi connectivity index (χ3n) is 4.44. The number of hydrogen-bond acceptors (Lipinski definition) is 2. The molecule has 128 valence electrons. The van der Waals surface area contributed by atoms with E-state index in [-0.39, 0.29) is 0 Å². The smallest absolute Gasteiger partial charge is 0.0975 e. The van der Waals surface area contributed by atoms with Crippen molar-refractivity contribution in [3.05, 3.63) is 123 Å². The van der Waals surface area contributed by atoms with Crippen LogP contribution in [0.3, 0.4) is 0 Å².